The highest BCUT2D eigenvalue weighted by Crippen LogP contribution is 2.17. The summed E-state index contributed by atoms with van der Waals surface area (Å²) in [5, 5.41) is 7.45. The molecule has 4 heteroatoms. The number of piperidine rings is 1. The van der Waals surface area contributed by atoms with Crippen molar-refractivity contribution in [3.63, 3.8) is 0 Å². The summed E-state index contributed by atoms with van der Waals surface area (Å²) in [5.41, 5.74) is 0.991. The zero-order valence-electron chi connectivity index (χ0n) is 10.1. The zero-order valence-corrected chi connectivity index (χ0v) is 10.1. The Morgan fingerprint density at radius 1 is 1.62 bits per heavy atom. The molecule has 1 saturated heterocycles. The van der Waals surface area contributed by atoms with Gasteiger partial charge in [-0.05, 0) is 32.9 Å². The first-order chi connectivity index (χ1) is 7.79. The Morgan fingerprint density at radius 3 is 3.12 bits per heavy atom. The van der Waals surface area contributed by atoms with E-state index in [0.717, 1.165) is 18.8 Å². The molecule has 0 amide bonds. The maximum Gasteiger partial charge on any atom is 0.124 e. The van der Waals surface area contributed by atoms with Gasteiger partial charge in [0.15, 0.2) is 0 Å². The minimum absolute atomic E-state index is 0.620. The second kappa shape index (κ2) is 5.46. The van der Waals surface area contributed by atoms with Crippen molar-refractivity contribution in [3.05, 3.63) is 18.0 Å². The van der Waals surface area contributed by atoms with E-state index >= 15 is 0 Å². The van der Waals surface area contributed by atoms with E-state index in [4.69, 9.17) is 4.52 Å². The Labute approximate surface area is 97.0 Å². The van der Waals surface area contributed by atoms with Gasteiger partial charge in [-0.25, -0.2) is 0 Å². The van der Waals surface area contributed by atoms with Gasteiger partial charge in [-0.3, -0.25) is 0 Å². The van der Waals surface area contributed by atoms with Crippen LogP contribution in [0.1, 0.15) is 32.4 Å². The van der Waals surface area contributed by atoms with Crippen LogP contribution in [0.15, 0.2) is 16.9 Å². The molecule has 0 aromatic carbocycles. The van der Waals surface area contributed by atoms with E-state index in [1.54, 1.807) is 6.26 Å². The van der Waals surface area contributed by atoms with E-state index in [2.05, 4.69) is 29.2 Å². The van der Waals surface area contributed by atoms with Gasteiger partial charge in [0.25, 0.3) is 0 Å². The van der Waals surface area contributed by atoms with Crippen molar-refractivity contribution in [2.45, 2.75) is 45.3 Å². The second-order valence-corrected chi connectivity index (χ2v) is 4.57. The Bertz CT molecular complexity index is 299. The van der Waals surface area contributed by atoms with E-state index in [1.807, 2.05) is 6.07 Å². The van der Waals surface area contributed by atoms with Crippen LogP contribution in [0.2, 0.25) is 0 Å². The van der Waals surface area contributed by atoms with Gasteiger partial charge in [0, 0.05) is 24.7 Å². The van der Waals surface area contributed by atoms with Crippen LogP contribution < -0.4 is 5.32 Å². The lowest BCUT2D eigenvalue weighted by Crippen LogP contribution is -2.47. The van der Waals surface area contributed by atoms with Crippen LogP contribution in [0, 0.1) is 0 Å². The number of aromatic nitrogens is 1. The van der Waals surface area contributed by atoms with Gasteiger partial charge in [-0.15, -0.1) is 0 Å². The molecule has 1 aromatic rings. The Balaban J connectivity index is 1.75. The Kier molecular flexibility index (Phi) is 3.96. The Hall–Kier alpha value is -0.870. The highest BCUT2D eigenvalue weighted by molar-refractivity contribution is 4.95. The van der Waals surface area contributed by atoms with E-state index in [1.165, 1.54) is 19.4 Å². The smallest absolute Gasteiger partial charge is 0.124 e. The second-order valence-electron chi connectivity index (χ2n) is 4.57. The predicted octanol–water partition coefficient (Wildman–Crippen LogP) is 1.64. The first kappa shape index (κ1) is 11.6. The highest BCUT2D eigenvalue weighted by atomic mass is 16.5. The first-order valence-electron chi connectivity index (χ1n) is 6.16. The number of nitrogens with one attached hydrogen (secondary N) is 1. The van der Waals surface area contributed by atoms with Gasteiger partial charge >= 0.3 is 0 Å². The molecule has 0 bridgehead atoms. The summed E-state index contributed by atoms with van der Waals surface area (Å²) in [6.07, 6.45) is 4.08. The van der Waals surface area contributed by atoms with Crippen LogP contribution >= 0.6 is 0 Å². The van der Waals surface area contributed by atoms with Crippen molar-refractivity contribution in [2.24, 2.45) is 0 Å². The van der Waals surface area contributed by atoms with Crippen LogP contribution in [0.4, 0.5) is 0 Å². The van der Waals surface area contributed by atoms with Crippen molar-refractivity contribution < 1.29 is 4.52 Å². The fraction of sp³-hybridized carbons (Fsp3) is 0.750. The van der Waals surface area contributed by atoms with Crippen LogP contribution in [0.5, 0.6) is 0 Å². The highest BCUT2D eigenvalue weighted by Gasteiger charge is 2.23. The SMILES string of the molecule is CCN1CCC(NCc2ccon2)CC1C. The van der Waals surface area contributed by atoms with E-state index in [9.17, 15) is 0 Å². The summed E-state index contributed by atoms with van der Waals surface area (Å²) in [6, 6.07) is 3.22. The summed E-state index contributed by atoms with van der Waals surface area (Å²) in [5.74, 6) is 0. The van der Waals surface area contributed by atoms with Crippen molar-refractivity contribution in [2.75, 3.05) is 13.1 Å². The summed E-state index contributed by atoms with van der Waals surface area (Å²) < 4.78 is 4.81. The number of rotatable bonds is 4. The van der Waals surface area contributed by atoms with E-state index in [-0.39, 0.29) is 0 Å². The monoisotopic (exact) mass is 223 g/mol. The van der Waals surface area contributed by atoms with Gasteiger partial charge in [-0.1, -0.05) is 12.1 Å². The molecule has 1 aliphatic heterocycles. The van der Waals surface area contributed by atoms with Gasteiger partial charge in [-0.2, -0.15) is 0 Å². The molecule has 16 heavy (non-hydrogen) atoms. The fourth-order valence-electron chi connectivity index (χ4n) is 2.45. The van der Waals surface area contributed by atoms with Crippen LogP contribution in [-0.4, -0.2) is 35.2 Å². The minimum Gasteiger partial charge on any atom is -0.364 e. The van der Waals surface area contributed by atoms with E-state index < -0.39 is 0 Å². The Morgan fingerprint density at radius 2 is 2.50 bits per heavy atom. The quantitative estimate of drug-likeness (QED) is 0.842. The molecule has 1 fully saturated rings. The van der Waals surface area contributed by atoms with E-state index in [0.29, 0.717) is 12.1 Å². The molecule has 1 N–H and O–H groups in total. The van der Waals surface area contributed by atoms with Crippen LogP contribution in [-0.2, 0) is 6.54 Å². The lowest BCUT2D eigenvalue weighted by molar-refractivity contribution is 0.142. The molecule has 0 radical (unpaired) electrons. The van der Waals surface area contributed by atoms with Crippen LogP contribution in [0.3, 0.4) is 0 Å². The van der Waals surface area contributed by atoms with Crippen molar-refractivity contribution in [1.29, 1.82) is 0 Å². The third-order valence-electron chi connectivity index (χ3n) is 3.48. The molecule has 2 unspecified atom stereocenters. The predicted molar refractivity (Wildman–Crippen MR) is 63.1 cm³/mol. The van der Waals surface area contributed by atoms with Crippen molar-refractivity contribution in [1.82, 2.24) is 15.4 Å². The zero-order chi connectivity index (χ0) is 11.4. The van der Waals surface area contributed by atoms with Crippen LogP contribution in [0.25, 0.3) is 0 Å². The molecule has 1 aromatic heterocycles. The number of hydrogen-bond acceptors (Lipinski definition) is 4. The summed E-state index contributed by atoms with van der Waals surface area (Å²) in [7, 11) is 0. The average molecular weight is 223 g/mol. The summed E-state index contributed by atoms with van der Waals surface area (Å²) >= 11 is 0. The minimum atomic E-state index is 0.620. The molecule has 2 rings (SSSR count). The lowest BCUT2D eigenvalue weighted by atomic mass is 9.98. The normalized spacial score (nSPS) is 27.1. The van der Waals surface area contributed by atoms with Gasteiger partial charge in [0.05, 0.1) is 5.69 Å². The number of nitrogens with zero attached hydrogens (tertiary/aromatic N) is 2. The molecule has 1 aliphatic rings. The molecule has 4 nitrogen and oxygen atoms in total. The molecule has 0 aliphatic carbocycles. The topological polar surface area (TPSA) is 41.3 Å². The molecule has 2 atom stereocenters. The third-order valence-corrected chi connectivity index (χ3v) is 3.48. The molecule has 90 valence electrons. The molecule has 2 heterocycles. The molecular weight excluding hydrogens is 202 g/mol. The summed E-state index contributed by atoms with van der Waals surface area (Å²) in [6.45, 7) is 7.73. The first-order valence-corrected chi connectivity index (χ1v) is 6.16. The van der Waals surface area contributed by atoms with Gasteiger partial charge in [0.1, 0.15) is 6.26 Å². The standard InChI is InChI=1S/C12H21N3O/c1-3-15-6-4-11(8-10(15)2)13-9-12-5-7-16-14-12/h5,7,10-11,13H,3-4,6,8-9H2,1-2H3. The molecular formula is C12H21N3O. The van der Waals surface area contributed by atoms with Crippen molar-refractivity contribution in [3.8, 4) is 0 Å². The average Bonchev–Trinajstić information content (AvgIpc) is 2.79. The summed E-state index contributed by atoms with van der Waals surface area (Å²) in [4.78, 5) is 2.54. The maximum absolute atomic E-state index is 4.81. The fourth-order valence-corrected chi connectivity index (χ4v) is 2.45. The van der Waals surface area contributed by atoms with Gasteiger partial charge in [0.2, 0.25) is 0 Å². The number of likely N-dealkylation sites (tertiary alicyclic amines) is 1. The maximum atomic E-state index is 4.81. The lowest BCUT2D eigenvalue weighted by Gasteiger charge is -2.37. The van der Waals surface area contributed by atoms with Crippen molar-refractivity contribution >= 4 is 0 Å². The third kappa shape index (κ3) is 2.83. The largest absolute Gasteiger partial charge is 0.364 e. The molecule has 0 saturated carbocycles. The molecule has 0 spiro atoms. The van der Waals surface area contributed by atoms with Gasteiger partial charge < -0.3 is 14.7 Å². The number of hydrogen-bond donors (Lipinski definition) is 1.